The second kappa shape index (κ2) is 9.03. The predicted octanol–water partition coefficient (Wildman–Crippen LogP) is 1.76. The zero-order valence-corrected chi connectivity index (χ0v) is 18.8. The number of fused-ring (bicyclic) bond motifs is 1. The number of methoxy groups -OCH3 is 1. The van der Waals surface area contributed by atoms with Gasteiger partial charge < -0.3 is 10.1 Å². The first-order valence-corrected chi connectivity index (χ1v) is 12.2. The van der Waals surface area contributed by atoms with Crippen LogP contribution in [0.25, 0.3) is 0 Å². The molecule has 2 heterocycles. The van der Waals surface area contributed by atoms with Gasteiger partial charge in [-0.1, -0.05) is 18.6 Å². The first kappa shape index (κ1) is 22.5. The van der Waals surface area contributed by atoms with Gasteiger partial charge in [-0.15, -0.1) is 0 Å². The van der Waals surface area contributed by atoms with E-state index in [2.05, 4.69) is 5.32 Å². The Kier molecular flexibility index (Phi) is 6.34. The molecule has 2 saturated heterocycles. The molecule has 10 heteroatoms. The van der Waals surface area contributed by atoms with Gasteiger partial charge in [0.2, 0.25) is 27.7 Å². The first-order chi connectivity index (χ1) is 15.3. The van der Waals surface area contributed by atoms with Crippen LogP contribution in [0.3, 0.4) is 0 Å². The molecule has 2 aliphatic heterocycles. The average molecular weight is 462 g/mol. The molecule has 1 aromatic rings. The summed E-state index contributed by atoms with van der Waals surface area (Å²) in [5, 5.41) is 2.62. The number of imide groups is 1. The van der Waals surface area contributed by atoms with Gasteiger partial charge in [0.25, 0.3) is 0 Å². The fraction of sp³-hybridized carbons (Fsp3) is 0.500. The van der Waals surface area contributed by atoms with Crippen LogP contribution >= 0.6 is 0 Å². The lowest BCUT2D eigenvalue weighted by molar-refractivity contribution is -0.142. The molecule has 0 saturated carbocycles. The number of benzene rings is 1. The number of piperidine rings is 1. The van der Waals surface area contributed by atoms with Crippen LogP contribution in [0, 0.1) is 11.8 Å². The molecular weight excluding hydrogens is 434 g/mol. The number of hydrogen-bond acceptors (Lipinski definition) is 6. The third-order valence-corrected chi connectivity index (χ3v) is 8.19. The van der Waals surface area contributed by atoms with E-state index in [1.165, 1.54) is 29.6 Å². The van der Waals surface area contributed by atoms with E-state index in [9.17, 15) is 22.8 Å². The monoisotopic (exact) mass is 461 g/mol. The number of likely N-dealkylation sites (tertiary alicyclic amines) is 1. The minimum Gasteiger partial charge on any atom is -0.495 e. The van der Waals surface area contributed by atoms with E-state index in [4.69, 9.17) is 4.74 Å². The van der Waals surface area contributed by atoms with Gasteiger partial charge in [-0.05, 0) is 43.9 Å². The van der Waals surface area contributed by atoms with Crippen molar-refractivity contribution < 1.29 is 27.5 Å². The molecule has 2 unspecified atom stereocenters. The molecule has 0 aromatic heterocycles. The molecular formula is C22H27N3O6S. The van der Waals surface area contributed by atoms with Crippen LogP contribution in [-0.4, -0.2) is 62.1 Å². The second-order valence-corrected chi connectivity index (χ2v) is 10.2. The third kappa shape index (κ3) is 4.16. The Balaban J connectivity index is 1.51. The summed E-state index contributed by atoms with van der Waals surface area (Å²) in [4.78, 5) is 39.0. The number of sulfonamides is 1. The van der Waals surface area contributed by atoms with Crippen molar-refractivity contribution >= 4 is 33.4 Å². The van der Waals surface area contributed by atoms with Gasteiger partial charge in [-0.2, -0.15) is 4.31 Å². The molecule has 0 radical (unpaired) electrons. The number of carbonyl (C=O) groups excluding carboxylic acids is 3. The van der Waals surface area contributed by atoms with Crippen LogP contribution < -0.4 is 10.1 Å². The molecule has 2 fully saturated rings. The number of amides is 3. The van der Waals surface area contributed by atoms with E-state index in [0.717, 1.165) is 24.2 Å². The fourth-order valence-corrected chi connectivity index (χ4v) is 6.10. The lowest BCUT2D eigenvalue weighted by Crippen LogP contribution is -2.38. The van der Waals surface area contributed by atoms with Crippen LogP contribution in [0.15, 0.2) is 35.2 Å². The minimum atomic E-state index is -3.70. The van der Waals surface area contributed by atoms with Crippen molar-refractivity contribution in [3.63, 3.8) is 0 Å². The molecule has 3 aliphatic rings. The number of hydrogen-bond donors (Lipinski definition) is 1. The number of ether oxygens (including phenoxy) is 1. The summed E-state index contributed by atoms with van der Waals surface area (Å²) < 4.78 is 32.7. The number of nitrogens with zero attached hydrogens (tertiary/aromatic N) is 2. The molecule has 1 aromatic carbocycles. The van der Waals surface area contributed by atoms with Crippen molar-refractivity contribution in [2.45, 2.75) is 37.0 Å². The number of allylic oxidation sites excluding steroid dienone is 2. The SMILES string of the molecule is COc1ccc(S(=O)(=O)N2CCCCC2)cc1NC(=O)CN1C(=O)C2CC=CCC2C1=O. The van der Waals surface area contributed by atoms with Gasteiger partial charge in [0, 0.05) is 13.1 Å². The molecule has 3 amide bonds. The van der Waals surface area contributed by atoms with Crippen molar-refractivity contribution in [2.75, 3.05) is 32.1 Å². The van der Waals surface area contributed by atoms with E-state index < -0.39 is 34.3 Å². The molecule has 4 rings (SSSR count). The van der Waals surface area contributed by atoms with Crippen molar-refractivity contribution in [1.29, 1.82) is 0 Å². The molecule has 2 atom stereocenters. The maximum atomic E-state index is 13.0. The number of nitrogens with one attached hydrogen (secondary N) is 1. The third-order valence-electron chi connectivity index (χ3n) is 6.30. The van der Waals surface area contributed by atoms with Gasteiger partial charge in [-0.3, -0.25) is 19.3 Å². The van der Waals surface area contributed by atoms with Gasteiger partial charge in [-0.25, -0.2) is 8.42 Å². The molecule has 1 aliphatic carbocycles. The normalized spacial score (nSPS) is 23.8. The molecule has 32 heavy (non-hydrogen) atoms. The maximum Gasteiger partial charge on any atom is 0.244 e. The maximum absolute atomic E-state index is 13.0. The minimum absolute atomic E-state index is 0.0564. The van der Waals surface area contributed by atoms with Crippen LogP contribution in [0.4, 0.5) is 5.69 Å². The first-order valence-electron chi connectivity index (χ1n) is 10.8. The van der Waals surface area contributed by atoms with Crippen LogP contribution in [0.5, 0.6) is 5.75 Å². The predicted molar refractivity (Wildman–Crippen MR) is 116 cm³/mol. The van der Waals surface area contributed by atoms with Crippen molar-refractivity contribution in [1.82, 2.24) is 9.21 Å². The van der Waals surface area contributed by atoms with E-state index in [1.807, 2.05) is 12.2 Å². The molecule has 172 valence electrons. The largest absolute Gasteiger partial charge is 0.495 e. The zero-order valence-electron chi connectivity index (χ0n) is 18.0. The Bertz CT molecular complexity index is 1040. The van der Waals surface area contributed by atoms with E-state index in [-0.39, 0.29) is 28.1 Å². The van der Waals surface area contributed by atoms with Gasteiger partial charge in [0.05, 0.1) is 29.5 Å². The lowest BCUT2D eigenvalue weighted by atomic mass is 9.85. The van der Waals surface area contributed by atoms with E-state index in [0.29, 0.717) is 25.9 Å². The summed E-state index contributed by atoms with van der Waals surface area (Å²) in [6.07, 6.45) is 7.39. The highest BCUT2D eigenvalue weighted by molar-refractivity contribution is 7.89. The van der Waals surface area contributed by atoms with E-state index in [1.54, 1.807) is 0 Å². The molecule has 0 spiro atoms. The standard InChI is InChI=1S/C22H27N3O6S/c1-31-19-10-9-15(32(29,30)24-11-5-2-6-12-24)13-18(19)23-20(26)14-25-21(27)16-7-3-4-8-17(16)22(25)28/h3-4,9-10,13,16-17H,2,5-8,11-12,14H2,1H3,(H,23,26). The van der Waals surface area contributed by atoms with Gasteiger partial charge >= 0.3 is 0 Å². The summed E-state index contributed by atoms with van der Waals surface area (Å²) in [6.45, 7) is 0.510. The van der Waals surface area contributed by atoms with Gasteiger partial charge in [0.15, 0.2) is 0 Å². The Hall–Kier alpha value is -2.72. The van der Waals surface area contributed by atoms with Crippen molar-refractivity contribution in [3.05, 3.63) is 30.4 Å². The summed E-state index contributed by atoms with van der Waals surface area (Å²) in [7, 11) is -2.29. The number of carbonyl (C=O) groups is 3. The highest BCUT2D eigenvalue weighted by Crippen LogP contribution is 2.35. The summed E-state index contributed by atoms with van der Waals surface area (Å²) >= 11 is 0. The molecule has 0 bridgehead atoms. The highest BCUT2D eigenvalue weighted by atomic mass is 32.2. The lowest BCUT2D eigenvalue weighted by Gasteiger charge is -2.26. The average Bonchev–Trinajstić information content (AvgIpc) is 3.04. The van der Waals surface area contributed by atoms with Crippen LogP contribution in [0.2, 0.25) is 0 Å². The Morgan fingerprint density at radius 3 is 2.28 bits per heavy atom. The topological polar surface area (TPSA) is 113 Å². The Morgan fingerprint density at radius 2 is 1.69 bits per heavy atom. The van der Waals surface area contributed by atoms with E-state index >= 15 is 0 Å². The molecule has 1 N–H and O–H groups in total. The summed E-state index contributed by atoms with van der Waals surface area (Å²) in [6, 6.07) is 4.29. The highest BCUT2D eigenvalue weighted by Gasteiger charge is 2.47. The van der Waals surface area contributed by atoms with Crippen molar-refractivity contribution in [2.24, 2.45) is 11.8 Å². The zero-order chi connectivity index (χ0) is 22.9. The van der Waals surface area contributed by atoms with Crippen LogP contribution in [-0.2, 0) is 24.4 Å². The second-order valence-electron chi connectivity index (χ2n) is 8.29. The Morgan fingerprint density at radius 1 is 1.06 bits per heavy atom. The number of anilines is 1. The summed E-state index contributed by atoms with van der Waals surface area (Å²) in [5.74, 6) is -1.81. The van der Waals surface area contributed by atoms with Crippen molar-refractivity contribution in [3.8, 4) is 5.75 Å². The van der Waals surface area contributed by atoms with Gasteiger partial charge in [0.1, 0.15) is 12.3 Å². The smallest absolute Gasteiger partial charge is 0.244 e. The fourth-order valence-electron chi connectivity index (χ4n) is 4.56. The summed E-state index contributed by atoms with van der Waals surface area (Å²) in [5.41, 5.74) is 0.175. The molecule has 9 nitrogen and oxygen atoms in total. The van der Waals surface area contributed by atoms with Crippen LogP contribution in [0.1, 0.15) is 32.1 Å². The Labute approximate surface area is 187 Å². The number of rotatable bonds is 6. The quantitative estimate of drug-likeness (QED) is 0.510.